The van der Waals surface area contributed by atoms with E-state index in [9.17, 15) is 4.79 Å². The first-order chi connectivity index (χ1) is 15.2. The molecule has 6 rings (SSSR count). The molecule has 5 aromatic rings. The van der Waals surface area contributed by atoms with Gasteiger partial charge < -0.3 is 9.97 Å². The van der Waals surface area contributed by atoms with Crippen LogP contribution in [0.2, 0.25) is 0 Å². The molecule has 3 aromatic heterocycles. The van der Waals surface area contributed by atoms with Gasteiger partial charge in [-0.05, 0) is 78.8 Å². The van der Waals surface area contributed by atoms with Crippen molar-refractivity contribution in [2.24, 2.45) is 0 Å². The molecule has 0 atom stereocenters. The Labute approximate surface area is 178 Å². The van der Waals surface area contributed by atoms with Crippen LogP contribution in [0.4, 0.5) is 0 Å². The van der Waals surface area contributed by atoms with Crippen LogP contribution in [0, 0.1) is 0 Å². The maximum absolute atomic E-state index is 12.8. The Morgan fingerprint density at radius 3 is 2.52 bits per heavy atom. The largest absolute Gasteiger partial charge is 0.354 e. The number of hydrogen-bond donors (Lipinski definition) is 3. The van der Waals surface area contributed by atoms with E-state index in [1.54, 1.807) is 6.20 Å². The summed E-state index contributed by atoms with van der Waals surface area (Å²) in [4.78, 5) is 21.8. The Morgan fingerprint density at radius 1 is 0.871 bits per heavy atom. The third-order valence-corrected chi connectivity index (χ3v) is 6.26. The molecule has 0 aliphatic carbocycles. The number of H-pyrrole nitrogens is 3. The predicted molar refractivity (Wildman–Crippen MR) is 124 cm³/mol. The molecular formula is C25H23N5O. The van der Waals surface area contributed by atoms with Gasteiger partial charge in [-0.2, -0.15) is 5.10 Å². The summed E-state index contributed by atoms with van der Waals surface area (Å²) in [5.74, 6) is 0. The van der Waals surface area contributed by atoms with E-state index in [2.05, 4.69) is 55.4 Å². The van der Waals surface area contributed by atoms with E-state index in [1.807, 2.05) is 24.4 Å². The lowest BCUT2D eigenvalue weighted by atomic mass is 10.0. The topological polar surface area (TPSA) is 80.6 Å². The van der Waals surface area contributed by atoms with Crippen molar-refractivity contribution in [3.05, 3.63) is 76.8 Å². The van der Waals surface area contributed by atoms with Crippen LogP contribution < -0.4 is 5.56 Å². The number of nitrogens with one attached hydrogen (secondary N) is 3. The smallest absolute Gasteiger partial charge is 0.257 e. The Bertz CT molecular complexity index is 1440. The average molecular weight is 409 g/mol. The average Bonchev–Trinajstić information content (AvgIpc) is 3.54. The fourth-order valence-corrected chi connectivity index (χ4v) is 4.62. The Hall–Kier alpha value is -3.64. The van der Waals surface area contributed by atoms with Crippen molar-refractivity contribution in [3.63, 3.8) is 0 Å². The van der Waals surface area contributed by atoms with Gasteiger partial charge in [0.15, 0.2) is 0 Å². The summed E-state index contributed by atoms with van der Waals surface area (Å²) in [6.45, 7) is 3.36. The van der Waals surface area contributed by atoms with Crippen LogP contribution in [-0.2, 0) is 6.54 Å². The molecular weight excluding hydrogens is 386 g/mol. The fourth-order valence-electron chi connectivity index (χ4n) is 4.62. The molecule has 1 aliphatic heterocycles. The van der Waals surface area contributed by atoms with Gasteiger partial charge in [-0.1, -0.05) is 12.1 Å². The van der Waals surface area contributed by atoms with Crippen molar-refractivity contribution in [1.82, 2.24) is 25.1 Å². The molecule has 1 fully saturated rings. The zero-order valence-electron chi connectivity index (χ0n) is 17.1. The van der Waals surface area contributed by atoms with Crippen molar-refractivity contribution >= 4 is 21.8 Å². The van der Waals surface area contributed by atoms with E-state index >= 15 is 0 Å². The highest BCUT2D eigenvalue weighted by molar-refractivity contribution is 5.90. The molecule has 3 N–H and O–H groups in total. The van der Waals surface area contributed by atoms with E-state index in [4.69, 9.17) is 0 Å². The molecule has 1 aliphatic rings. The minimum absolute atomic E-state index is 0.0904. The van der Waals surface area contributed by atoms with Crippen molar-refractivity contribution in [2.75, 3.05) is 13.1 Å². The van der Waals surface area contributed by atoms with Gasteiger partial charge in [0.1, 0.15) is 0 Å². The number of likely N-dealkylation sites (tertiary alicyclic amines) is 1. The van der Waals surface area contributed by atoms with Gasteiger partial charge in [0, 0.05) is 34.7 Å². The minimum Gasteiger partial charge on any atom is -0.354 e. The number of aromatic amines is 3. The Kier molecular flexibility index (Phi) is 4.25. The second kappa shape index (κ2) is 7.25. The molecule has 0 saturated carbocycles. The molecule has 0 radical (unpaired) electrons. The second-order valence-corrected chi connectivity index (χ2v) is 8.39. The Morgan fingerprint density at radius 2 is 1.68 bits per heavy atom. The molecule has 4 heterocycles. The first-order valence-electron chi connectivity index (χ1n) is 10.7. The summed E-state index contributed by atoms with van der Waals surface area (Å²) in [6, 6.07) is 16.6. The molecule has 6 nitrogen and oxygen atoms in total. The van der Waals surface area contributed by atoms with Crippen molar-refractivity contribution in [2.45, 2.75) is 19.4 Å². The summed E-state index contributed by atoms with van der Waals surface area (Å²) < 4.78 is 0. The van der Waals surface area contributed by atoms with Gasteiger partial charge in [0.05, 0.1) is 17.5 Å². The number of benzene rings is 2. The van der Waals surface area contributed by atoms with E-state index in [1.165, 1.54) is 31.5 Å². The van der Waals surface area contributed by atoms with E-state index in [0.717, 1.165) is 45.2 Å². The van der Waals surface area contributed by atoms with E-state index in [0.29, 0.717) is 5.56 Å². The molecule has 31 heavy (non-hydrogen) atoms. The number of nitrogens with zero attached hydrogens (tertiary/aromatic N) is 2. The molecule has 0 amide bonds. The summed E-state index contributed by atoms with van der Waals surface area (Å²) in [7, 11) is 0. The number of rotatable bonds is 4. The van der Waals surface area contributed by atoms with Crippen LogP contribution >= 0.6 is 0 Å². The predicted octanol–water partition coefficient (Wildman–Crippen LogP) is 4.66. The molecule has 154 valence electrons. The highest BCUT2D eigenvalue weighted by Gasteiger charge is 2.13. The normalized spacial score (nSPS) is 14.7. The SMILES string of the molecule is O=c1[nH]c2ccc(-c3cn[nH]c3)cc2cc1-c1cc2cc(CN3CCCC3)ccc2[nH]1. The zero-order chi connectivity index (χ0) is 20.8. The van der Waals surface area contributed by atoms with Gasteiger partial charge in [0.25, 0.3) is 5.56 Å². The third-order valence-electron chi connectivity index (χ3n) is 6.26. The van der Waals surface area contributed by atoms with Gasteiger partial charge in [-0.3, -0.25) is 14.8 Å². The second-order valence-electron chi connectivity index (χ2n) is 8.39. The summed E-state index contributed by atoms with van der Waals surface area (Å²) in [6.07, 6.45) is 6.25. The molecule has 2 aromatic carbocycles. The standard InChI is InChI=1S/C25H23N5O/c31-25-21(11-19-10-17(4-6-23(19)29-25)20-13-26-27-14-20)24-12-18-9-16(3-5-22(18)28-24)15-30-7-1-2-8-30/h3-6,9-14,28H,1-2,7-8,15H2,(H,26,27)(H,29,31). The van der Waals surface area contributed by atoms with Gasteiger partial charge in [0.2, 0.25) is 0 Å². The summed E-state index contributed by atoms with van der Waals surface area (Å²) in [5, 5.41) is 9.00. The number of aromatic nitrogens is 4. The van der Waals surface area contributed by atoms with E-state index in [-0.39, 0.29) is 5.56 Å². The lowest BCUT2D eigenvalue weighted by Gasteiger charge is -2.14. The molecule has 0 unspecified atom stereocenters. The lowest BCUT2D eigenvalue weighted by Crippen LogP contribution is -2.18. The first kappa shape index (κ1) is 18.2. The quantitative estimate of drug-likeness (QED) is 0.404. The minimum atomic E-state index is -0.0904. The maximum Gasteiger partial charge on any atom is 0.257 e. The van der Waals surface area contributed by atoms with Gasteiger partial charge in [-0.25, -0.2) is 0 Å². The third kappa shape index (κ3) is 3.35. The lowest BCUT2D eigenvalue weighted by molar-refractivity contribution is 0.331. The highest BCUT2D eigenvalue weighted by atomic mass is 16.1. The van der Waals surface area contributed by atoms with Crippen molar-refractivity contribution < 1.29 is 0 Å². The first-order valence-corrected chi connectivity index (χ1v) is 10.7. The van der Waals surface area contributed by atoms with Crippen LogP contribution in [0.5, 0.6) is 0 Å². The molecule has 1 saturated heterocycles. The van der Waals surface area contributed by atoms with Crippen LogP contribution in [0.3, 0.4) is 0 Å². The van der Waals surface area contributed by atoms with Gasteiger partial charge in [-0.15, -0.1) is 0 Å². The Balaban J connectivity index is 1.40. The van der Waals surface area contributed by atoms with Crippen molar-refractivity contribution in [3.8, 4) is 22.4 Å². The van der Waals surface area contributed by atoms with Crippen LogP contribution in [0.15, 0.2) is 65.7 Å². The molecule has 0 spiro atoms. The number of fused-ring (bicyclic) bond motifs is 2. The van der Waals surface area contributed by atoms with Crippen LogP contribution in [-0.4, -0.2) is 38.2 Å². The molecule has 6 heteroatoms. The number of pyridine rings is 1. The van der Waals surface area contributed by atoms with E-state index < -0.39 is 0 Å². The van der Waals surface area contributed by atoms with Gasteiger partial charge >= 0.3 is 0 Å². The highest BCUT2D eigenvalue weighted by Crippen LogP contribution is 2.27. The fraction of sp³-hybridized carbons (Fsp3) is 0.200. The summed E-state index contributed by atoms with van der Waals surface area (Å²) >= 11 is 0. The number of hydrogen-bond acceptors (Lipinski definition) is 3. The van der Waals surface area contributed by atoms with Crippen LogP contribution in [0.25, 0.3) is 44.2 Å². The molecule has 0 bridgehead atoms. The van der Waals surface area contributed by atoms with Crippen LogP contribution in [0.1, 0.15) is 18.4 Å². The van der Waals surface area contributed by atoms with Crippen molar-refractivity contribution in [1.29, 1.82) is 0 Å². The maximum atomic E-state index is 12.8. The zero-order valence-corrected chi connectivity index (χ0v) is 17.1. The summed E-state index contributed by atoms with van der Waals surface area (Å²) in [5.41, 5.74) is 6.66. The monoisotopic (exact) mass is 409 g/mol.